The van der Waals surface area contributed by atoms with Gasteiger partial charge in [0, 0.05) is 24.4 Å². The van der Waals surface area contributed by atoms with Crippen molar-refractivity contribution in [2.24, 2.45) is 0 Å². The van der Waals surface area contributed by atoms with Gasteiger partial charge in [0.2, 0.25) is 5.91 Å². The van der Waals surface area contributed by atoms with E-state index in [0.29, 0.717) is 17.2 Å². The minimum atomic E-state index is -2.63. The van der Waals surface area contributed by atoms with Crippen LogP contribution >= 0.6 is 0 Å². The molecule has 4 nitrogen and oxygen atoms in total. The molecule has 0 spiro atoms. The third-order valence-electron chi connectivity index (χ3n) is 2.43. The molecule has 2 rings (SSSR count). The molecule has 1 aliphatic heterocycles. The van der Waals surface area contributed by atoms with Gasteiger partial charge < -0.3 is 10.2 Å². The second-order valence-electron chi connectivity index (χ2n) is 4.25. The number of alkyl halides is 2. The Morgan fingerprint density at radius 2 is 2.12 bits per heavy atom. The molecule has 0 bridgehead atoms. The second kappa shape index (κ2) is 3.94. The molecule has 6 heteroatoms. The Bertz CT molecular complexity index is 454. The van der Waals surface area contributed by atoms with E-state index < -0.39 is 5.92 Å². The van der Waals surface area contributed by atoms with Crippen LogP contribution in [-0.2, 0) is 4.79 Å². The Balaban J connectivity index is 2.18. The van der Waals surface area contributed by atoms with Gasteiger partial charge in [-0.05, 0) is 13.0 Å². The van der Waals surface area contributed by atoms with Crippen molar-refractivity contribution in [1.29, 1.82) is 0 Å². The van der Waals surface area contributed by atoms with Crippen molar-refractivity contribution in [3.8, 4) is 0 Å². The molecule has 2 heterocycles. The summed E-state index contributed by atoms with van der Waals surface area (Å²) in [5.74, 6) is -2.35. The minimum Gasteiger partial charge on any atom is -0.344 e. The number of aryl methyl sites for hydroxylation is 1. The zero-order valence-corrected chi connectivity index (χ0v) is 9.63. The summed E-state index contributed by atoms with van der Waals surface area (Å²) in [4.78, 5) is 16.6. The number of amides is 1. The van der Waals surface area contributed by atoms with Crippen LogP contribution in [0.25, 0.3) is 0 Å². The fourth-order valence-corrected chi connectivity index (χ4v) is 1.76. The minimum absolute atomic E-state index is 0.199. The zero-order chi connectivity index (χ0) is 12.6. The van der Waals surface area contributed by atoms with Crippen molar-refractivity contribution in [2.45, 2.75) is 19.8 Å². The van der Waals surface area contributed by atoms with E-state index in [1.807, 2.05) is 0 Å². The van der Waals surface area contributed by atoms with Gasteiger partial charge in [0.25, 0.3) is 5.92 Å². The van der Waals surface area contributed by atoms with Crippen LogP contribution in [0.4, 0.5) is 20.3 Å². The van der Waals surface area contributed by atoms with Gasteiger partial charge in [0.05, 0.1) is 13.1 Å². The van der Waals surface area contributed by atoms with Crippen molar-refractivity contribution in [2.75, 3.05) is 23.3 Å². The third-order valence-corrected chi connectivity index (χ3v) is 2.43. The molecule has 0 aromatic carbocycles. The lowest BCUT2D eigenvalue weighted by atomic mass is 10.1. The molecule has 1 saturated heterocycles. The number of hydrogen-bond donors (Lipinski definition) is 1. The van der Waals surface area contributed by atoms with E-state index in [9.17, 15) is 13.6 Å². The maximum atomic E-state index is 12.7. The Morgan fingerprint density at radius 1 is 1.47 bits per heavy atom. The highest BCUT2D eigenvalue weighted by Crippen LogP contribution is 2.31. The average Bonchev–Trinajstić information content (AvgIpc) is 2.11. The van der Waals surface area contributed by atoms with E-state index in [2.05, 4.69) is 10.3 Å². The van der Waals surface area contributed by atoms with E-state index in [1.54, 1.807) is 19.1 Å². The predicted molar refractivity (Wildman–Crippen MR) is 60.4 cm³/mol. The molecule has 1 amide bonds. The SMILES string of the molecule is CC(=O)Nc1cc(C)nc(N2CC(F)(F)C2)c1. The van der Waals surface area contributed by atoms with Crippen molar-refractivity contribution in [3.63, 3.8) is 0 Å². The van der Waals surface area contributed by atoms with Crippen molar-refractivity contribution in [1.82, 2.24) is 4.98 Å². The maximum absolute atomic E-state index is 12.7. The zero-order valence-electron chi connectivity index (χ0n) is 9.63. The summed E-state index contributed by atoms with van der Waals surface area (Å²) in [6.45, 7) is 2.52. The van der Waals surface area contributed by atoms with Crippen LogP contribution < -0.4 is 10.2 Å². The molecule has 92 valence electrons. The molecule has 1 fully saturated rings. The van der Waals surface area contributed by atoms with Gasteiger partial charge >= 0.3 is 0 Å². The van der Waals surface area contributed by atoms with Crippen LogP contribution in [-0.4, -0.2) is 29.9 Å². The van der Waals surface area contributed by atoms with Crippen LogP contribution in [0.1, 0.15) is 12.6 Å². The lowest BCUT2D eigenvalue weighted by Gasteiger charge is -2.39. The number of nitrogens with zero attached hydrogens (tertiary/aromatic N) is 2. The highest BCUT2D eigenvalue weighted by molar-refractivity contribution is 5.89. The molecule has 0 atom stereocenters. The van der Waals surface area contributed by atoms with Crippen LogP contribution in [0, 0.1) is 6.92 Å². The molecular formula is C11H13F2N3O. The highest BCUT2D eigenvalue weighted by Gasteiger charge is 2.44. The van der Waals surface area contributed by atoms with E-state index in [4.69, 9.17) is 0 Å². The second-order valence-corrected chi connectivity index (χ2v) is 4.25. The third kappa shape index (κ3) is 2.69. The number of rotatable bonds is 2. The molecule has 0 saturated carbocycles. The summed E-state index contributed by atoms with van der Waals surface area (Å²) in [6.07, 6.45) is 0. The molecule has 17 heavy (non-hydrogen) atoms. The van der Waals surface area contributed by atoms with Gasteiger partial charge in [-0.15, -0.1) is 0 Å². The summed E-state index contributed by atoms with van der Waals surface area (Å²) in [5.41, 5.74) is 1.26. The number of halogens is 2. The molecule has 0 aliphatic carbocycles. The Labute approximate surface area is 97.6 Å². The summed E-state index contributed by atoms with van der Waals surface area (Å²) in [5, 5.41) is 2.62. The van der Waals surface area contributed by atoms with Gasteiger partial charge in [0.1, 0.15) is 5.82 Å². The van der Waals surface area contributed by atoms with Gasteiger partial charge in [-0.1, -0.05) is 0 Å². The van der Waals surface area contributed by atoms with Crippen LogP contribution in [0.15, 0.2) is 12.1 Å². The quantitative estimate of drug-likeness (QED) is 0.858. The average molecular weight is 241 g/mol. The van der Waals surface area contributed by atoms with Gasteiger partial charge in [0.15, 0.2) is 0 Å². The van der Waals surface area contributed by atoms with Crippen molar-refractivity contribution >= 4 is 17.4 Å². The number of pyridine rings is 1. The molecule has 1 N–H and O–H groups in total. The van der Waals surface area contributed by atoms with Gasteiger partial charge in [-0.3, -0.25) is 4.79 Å². The fourth-order valence-electron chi connectivity index (χ4n) is 1.76. The highest BCUT2D eigenvalue weighted by atomic mass is 19.3. The first-order valence-corrected chi connectivity index (χ1v) is 5.25. The van der Waals surface area contributed by atoms with Crippen LogP contribution in [0.3, 0.4) is 0 Å². The van der Waals surface area contributed by atoms with E-state index in [1.165, 1.54) is 11.8 Å². The monoisotopic (exact) mass is 241 g/mol. The fraction of sp³-hybridized carbons (Fsp3) is 0.455. The lowest BCUT2D eigenvalue weighted by Crippen LogP contribution is -2.56. The molecule has 0 unspecified atom stereocenters. The number of aromatic nitrogens is 1. The van der Waals surface area contributed by atoms with Gasteiger partial charge in [-0.2, -0.15) is 0 Å². The van der Waals surface area contributed by atoms with Crippen molar-refractivity contribution < 1.29 is 13.6 Å². The van der Waals surface area contributed by atoms with E-state index in [-0.39, 0.29) is 19.0 Å². The summed E-state index contributed by atoms with van der Waals surface area (Å²) in [6, 6.07) is 3.30. The Morgan fingerprint density at radius 3 is 2.65 bits per heavy atom. The molecule has 1 aromatic rings. The molecule has 0 radical (unpaired) electrons. The molecule has 1 aromatic heterocycles. The van der Waals surface area contributed by atoms with E-state index in [0.717, 1.165) is 0 Å². The maximum Gasteiger partial charge on any atom is 0.282 e. The Hall–Kier alpha value is -1.72. The number of hydrogen-bond acceptors (Lipinski definition) is 3. The number of carbonyl (C=O) groups is 1. The summed E-state index contributed by atoms with van der Waals surface area (Å²) < 4.78 is 25.5. The molecule has 1 aliphatic rings. The first kappa shape index (κ1) is 11.8. The summed E-state index contributed by atoms with van der Waals surface area (Å²) in [7, 11) is 0. The first-order chi connectivity index (χ1) is 7.85. The molecular weight excluding hydrogens is 228 g/mol. The van der Waals surface area contributed by atoms with Crippen molar-refractivity contribution in [3.05, 3.63) is 17.8 Å². The first-order valence-electron chi connectivity index (χ1n) is 5.25. The predicted octanol–water partition coefficient (Wildman–Crippen LogP) is 1.80. The van der Waals surface area contributed by atoms with E-state index >= 15 is 0 Å². The van der Waals surface area contributed by atoms with Crippen LogP contribution in [0.5, 0.6) is 0 Å². The number of nitrogens with one attached hydrogen (secondary N) is 1. The van der Waals surface area contributed by atoms with Gasteiger partial charge in [-0.25, -0.2) is 13.8 Å². The normalized spacial score (nSPS) is 17.5. The number of anilines is 2. The van der Waals surface area contributed by atoms with Crippen LogP contribution in [0.2, 0.25) is 0 Å². The smallest absolute Gasteiger partial charge is 0.282 e. The Kier molecular flexibility index (Phi) is 2.73. The largest absolute Gasteiger partial charge is 0.344 e. The lowest BCUT2D eigenvalue weighted by molar-refractivity contribution is -0.114. The standard InChI is InChI=1S/C11H13F2N3O/c1-7-3-9(15-8(2)17)4-10(14-7)16-5-11(12,13)6-16/h3-4H,5-6H2,1-2H3,(H,14,15,17). The topological polar surface area (TPSA) is 45.2 Å². The number of carbonyl (C=O) groups excluding carboxylic acids is 1. The summed E-state index contributed by atoms with van der Waals surface area (Å²) >= 11 is 0.